The lowest BCUT2D eigenvalue weighted by atomic mass is 9.77. The van der Waals surface area contributed by atoms with Crippen molar-refractivity contribution in [3.63, 3.8) is 0 Å². The van der Waals surface area contributed by atoms with Gasteiger partial charge in [-0.3, -0.25) is 4.98 Å². The Morgan fingerprint density at radius 3 is 2.61 bits per heavy atom. The van der Waals surface area contributed by atoms with Crippen molar-refractivity contribution in [3.8, 4) is 5.75 Å². The maximum Gasteiger partial charge on any atom is 0.417 e. The minimum Gasteiger partial charge on any atom is -0.482 e. The van der Waals surface area contributed by atoms with Crippen LogP contribution < -0.4 is 4.74 Å². The average molecular weight is 391 g/mol. The summed E-state index contributed by atoms with van der Waals surface area (Å²) in [6.07, 6.45) is -5.02. The van der Waals surface area contributed by atoms with Crippen molar-refractivity contribution in [3.05, 3.63) is 71.8 Å². The molecule has 0 fully saturated rings. The van der Waals surface area contributed by atoms with Gasteiger partial charge in [-0.05, 0) is 36.6 Å². The smallest absolute Gasteiger partial charge is 0.417 e. The van der Waals surface area contributed by atoms with Gasteiger partial charge in [-0.1, -0.05) is 24.3 Å². The van der Waals surface area contributed by atoms with E-state index in [0.29, 0.717) is 16.7 Å². The number of benzene rings is 2. The predicted octanol–water partition coefficient (Wildman–Crippen LogP) is 4.91. The van der Waals surface area contributed by atoms with E-state index in [1.54, 1.807) is 30.3 Å². The SMILES string of the molecule is CC1(CC(O)(Cc2nccc3ccccc23)C(F)(F)F)Oc2ccc(F)cc21. The summed E-state index contributed by atoms with van der Waals surface area (Å²) >= 11 is 0. The largest absolute Gasteiger partial charge is 0.482 e. The second kappa shape index (κ2) is 6.17. The summed E-state index contributed by atoms with van der Waals surface area (Å²) in [5.74, 6) is -0.253. The molecule has 0 saturated carbocycles. The lowest BCUT2D eigenvalue weighted by Crippen LogP contribution is -2.55. The van der Waals surface area contributed by atoms with Crippen molar-refractivity contribution < 1.29 is 27.4 Å². The molecule has 4 rings (SSSR count). The molecule has 0 aliphatic carbocycles. The highest BCUT2D eigenvalue weighted by molar-refractivity contribution is 5.84. The number of hydrogen-bond donors (Lipinski definition) is 1. The van der Waals surface area contributed by atoms with Gasteiger partial charge in [-0.2, -0.15) is 13.2 Å². The molecule has 2 heterocycles. The van der Waals surface area contributed by atoms with Gasteiger partial charge >= 0.3 is 6.18 Å². The van der Waals surface area contributed by atoms with Gasteiger partial charge in [-0.25, -0.2) is 4.39 Å². The van der Waals surface area contributed by atoms with E-state index >= 15 is 0 Å². The van der Waals surface area contributed by atoms with E-state index in [9.17, 15) is 22.7 Å². The van der Waals surface area contributed by atoms with Gasteiger partial charge in [0.05, 0.1) is 5.69 Å². The minimum atomic E-state index is -4.93. The molecule has 0 amide bonds. The van der Waals surface area contributed by atoms with Crippen molar-refractivity contribution >= 4 is 10.8 Å². The number of nitrogens with zero attached hydrogens (tertiary/aromatic N) is 1. The molecular formula is C21H17F4NO2. The van der Waals surface area contributed by atoms with Crippen LogP contribution in [0, 0.1) is 5.82 Å². The molecular weight excluding hydrogens is 374 g/mol. The highest BCUT2D eigenvalue weighted by Crippen LogP contribution is 2.51. The summed E-state index contributed by atoms with van der Waals surface area (Å²) in [7, 11) is 0. The molecule has 7 heteroatoms. The Balaban J connectivity index is 1.72. The Morgan fingerprint density at radius 1 is 1.11 bits per heavy atom. The van der Waals surface area contributed by atoms with Crippen LogP contribution in [0.15, 0.2) is 54.7 Å². The van der Waals surface area contributed by atoms with Gasteiger partial charge in [0.25, 0.3) is 0 Å². The molecule has 0 radical (unpaired) electrons. The summed E-state index contributed by atoms with van der Waals surface area (Å²) < 4.78 is 60.8. The number of halogens is 4. The van der Waals surface area contributed by atoms with Gasteiger partial charge in [0, 0.05) is 30.0 Å². The van der Waals surface area contributed by atoms with Crippen LogP contribution >= 0.6 is 0 Å². The Hall–Kier alpha value is -2.67. The molecule has 2 aromatic carbocycles. The third-order valence-electron chi connectivity index (χ3n) is 5.22. The number of aliphatic hydroxyl groups is 1. The third kappa shape index (κ3) is 2.99. The number of alkyl halides is 3. The molecule has 3 nitrogen and oxygen atoms in total. The average Bonchev–Trinajstić information content (AvgIpc) is 2.62. The van der Waals surface area contributed by atoms with Crippen LogP contribution in [0.3, 0.4) is 0 Å². The van der Waals surface area contributed by atoms with E-state index in [1.807, 2.05) is 0 Å². The second-order valence-electron chi connectivity index (χ2n) is 7.34. The van der Waals surface area contributed by atoms with Gasteiger partial charge in [-0.15, -0.1) is 0 Å². The van der Waals surface area contributed by atoms with E-state index in [0.717, 1.165) is 11.5 Å². The third-order valence-corrected chi connectivity index (χ3v) is 5.22. The van der Waals surface area contributed by atoms with Crippen molar-refractivity contribution in [2.24, 2.45) is 0 Å². The fraction of sp³-hybridized carbons (Fsp3) is 0.286. The van der Waals surface area contributed by atoms with Crippen LogP contribution in [0.4, 0.5) is 17.6 Å². The van der Waals surface area contributed by atoms with E-state index in [2.05, 4.69) is 4.98 Å². The first kappa shape index (κ1) is 18.7. The van der Waals surface area contributed by atoms with Crippen LogP contribution in [0.5, 0.6) is 5.75 Å². The first-order valence-electron chi connectivity index (χ1n) is 8.72. The summed E-state index contributed by atoms with van der Waals surface area (Å²) in [5.41, 5.74) is -4.10. The maximum absolute atomic E-state index is 13.9. The number of aromatic nitrogens is 1. The first-order chi connectivity index (χ1) is 13.1. The summed E-state index contributed by atoms with van der Waals surface area (Å²) in [6.45, 7) is 1.42. The monoisotopic (exact) mass is 391 g/mol. The van der Waals surface area contributed by atoms with Crippen molar-refractivity contribution in [2.45, 2.75) is 37.1 Å². The molecule has 0 bridgehead atoms. The molecule has 1 N–H and O–H groups in total. The van der Waals surface area contributed by atoms with E-state index < -0.39 is 36.0 Å². The van der Waals surface area contributed by atoms with Crippen molar-refractivity contribution in [2.75, 3.05) is 0 Å². The minimum absolute atomic E-state index is 0.139. The molecule has 0 saturated heterocycles. The molecule has 0 spiro atoms. The molecule has 146 valence electrons. The molecule has 1 aromatic heterocycles. The zero-order valence-corrected chi connectivity index (χ0v) is 14.9. The van der Waals surface area contributed by atoms with Crippen LogP contribution in [0.2, 0.25) is 0 Å². The Morgan fingerprint density at radius 2 is 1.86 bits per heavy atom. The Bertz CT molecular complexity index is 1050. The van der Waals surface area contributed by atoms with Crippen LogP contribution in [0.1, 0.15) is 24.6 Å². The van der Waals surface area contributed by atoms with E-state index in [1.165, 1.54) is 25.3 Å². The second-order valence-corrected chi connectivity index (χ2v) is 7.34. The number of ether oxygens (including phenoxy) is 1. The summed E-state index contributed by atoms with van der Waals surface area (Å²) in [6, 6.07) is 12.3. The van der Waals surface area contributed by atoms with Crippen LogP contribution in [-0.4, -0.2) is 21.9 Å². The molecule has 1 aliphatic rings. The summed E-state index contributed by atoms with van der Waals surface area (Å²) in [5, 5.41) is 12.0. The quantitative estimate of drug-likeness (QED) is 0.643. The molecule has 3 aromatic rings. The van der Waals surface area contributed by atoms with Crippen molar-refractivity contribution in [1.82, 2.24) is 4.98 Å². The molecule has 2 unspecified atom stereocenters. The van der Waals surface area contributed by atoms with Gasteiger partial charge in [0.1, 0.15) is 17.2 Å². The van der Waals surface area contributed by atoms with E-state index in [4.69, 9.17) is 4.74 Å². The standard InChI is InChI=1S/C21H17F4NO2/c1-19(16-10-14(22)6-7-18(16)28-19)12-20(27,21(23,24)25)11-17-15-5-3-2-4-13(15)8-9-26-17/h2-10,27H,11-12H2,1H3. The topological polar surface area (TPSA) is 42.4 Å². The zero-order chi connectivity index (χ0) is 20.2. The van der Waals surface area contributed by atoms with Crippen LogP contribution in [0.25, 0.3) is 10.8 Å². The summed E-state index contributed by atoms with van der Waals surface area (Å²) in [4.78, 5) is 4.08. The number of fused-ring (bicyclic) bond motifs is 2. The lowest BCUT2D eigenvalue weighted by Gasteiger charge is -2.46. The highest BCUT2D eigenvalue weighted by atomic mass is 19.4. The van der Waals surface area contributed by atoms with Gasteiger partial charge in [0.2, 0.25) is 0 Å². The van der Waals surface area contributed by atoms with Gasteiger partial charge in [0.15, 0.2) is 5.60 Å². The molecule has 28 heavy (non-hydrogen) atoms. The highest BCUT2D eigenvalue weighted by Gasteiger charge is 2.59. The predicted molar refractivity (Wildman–Crippen MR) is 95.4 cm³/mol. The molecule has 2 atom stereocenters. The normalized spacial score (nSPS) is 20.8. The Kier molecular flexibility index (Phi) is 4.12. The Labute approximate surface area is 158 Å². The van der Waals surface area contributed by atoms with E-state index in [-0.39, 0.29) is 5.69 Å². The first-order valence-corrected chi connectivity index (χ1v) is 8.72. The van der Waals surface area contributed by atoms with Crippen LogP contribution in [-0.2, 0) is 12.0 Å². The molecule has 1 aliphatic heterocycles. The number of pyridine rings is 1. The zero-order valence-electron chi connectivity index (χ0n) is 14.9. The van der Waals surface area contributed by atoms with Gasteiger partial charge < -0.3 is 9.84 Å². The number of hydrogen-bond acceptors (Lipinski definition) is 3. The number of rotatable bonds is 4. The lowest BCUT2D eigenvalue weighted by molar-refractivity contribution is -0.275. The maximum atomic E-state index is 13.9. The van der Waals surface area contributed by atoms with Crippen molar-refractivity contribution in [1.29, 1.82) is 0 Å². The fourth-order valence-electron chi connectivity index (χ4n) is 3.81. The fourth-order valence-corrected chi connectivity index (χ4v) is 3.81.